The third-order valence-corrected chi connectivity index (χ3v) is 3.18. The SMILES string of the molecule is O=C(NCCc1ccc(O)cc1)C(=O)Nc1ccc([N+](=O)[O-])cc1. The van der Waals surface area contributed by atoms with E-state index < -0.39 is 16.7 Å². The summed E-state index contributed by atoms with van der Waals surface area (Å²) in [7, 11) is 0. The number of nitro benzene ring substituents is 1. The molecule has 8 nitrogen and oxygen atoms in total. The highest BCUT2D eigenvalue weighted by Crippen LogP contribution is 2.15. The van der Waals surface area contributed by atoms with Gasteiger partial charge in [-0.2, -0.15) is 0 Å². The van der Waals surface area contributed by atoms with Crippen LogP contribution in [0.4, 0.5) is 11.4 Å². The standard InChI is InChI=1S/C16H15N3O5/c20-14-7-1-11(2-8-14)9-10-17-15(21)16(22)18-12-3-5-13(6-4-12)19(23)24/h1-8,20H,9-10H2,(H,17,21)(H,18,22). The molecular formula is C16H15N3O5. The normalized spacial score (nSPS) is 10.0. The van der Waals surface area contributed by atoms with E-state index in [9.17, 15) is 24.8 Å². The molecule has 0 fully saturated rings. The van der Waals surface area contributed by atoms with Crippen LogP contribution in [0.3, 0.4) is 0 Å². The molecular weight excluding hydrogens is 314 g/mol. The van der Waals surface area contributed by atoms with Crippen LogP contribution in [-0.4, -0.2) is 28.4 Å². The molecule has 8 heteroatoms. The number of nitro groups is 1. The number of hydrogen-bond acceptors (Lipinski definition) is 5. The lowest BCUT2D eigenvalue weighted by molar-refractivity contribution is -0.384. The second-order valence-corrected chi connectivity index (χ2v) is 4.93. The minimum absolute atomic E-state index is 0.105. The predicted molar refractivity (Wildman–Crippen MR) is 86.5 cm³/mol. The van der Waals surface area contributed by atoms with Crippen molar-refractivity contribution in [2.24, 2.45) is 0 Å². The average molecular weight is 329 g/mol. The van der Waals surface area contributed by atoms with E-state index in [0.29, 0.717) is 12.1 Å². The number of non-ortho nitro benzene ring substituents is 1. The van der Waals surface area contributed by atoms with Gasteiger partial charge in [0.2, 0.25) is 0 Å². The molecule has 0 saturated heterocycles. The van der Waals surface area contributed by atoms with Crippen molar-refractivity contribution >= 4 is 23.2 Å². The molecule has 0 heterocycles. The molecule has 24 heavy (non-hydrogen) atoms. The number of carbonyl (C=O) groups excluding carboxylic acids is 2. The van der Waals surface area contributed by atoms with Crippen LogP contribution >= 0.6 is 0 Å². The number of benzene rings is 2. The van der Waals surface area contributed by atoms with E-state index in [4.69, 9.17) is 0 Å². The molecule has 2 aromatic rings. The van der Waals surface area contributed by atoms with Gasteiger partial charge in [0.05, 0.1) is 4.92 Å². The number of phenolic OH excluding ortho intramolecular Hbond substituents is 1. The predicted octanol–water partition coefficient (Wildman–Crippen LogP) is 1.60. The van der Waals surface area contributed by atoms with Gasteiger partial charge in [-0.1, -0.05) is 12.1 Å². The van der Waals surface area contributed by atoms with E-state index in [-0.39, 0.29) is 18.0 Å². The number of nitrogens with one attached hydrogen (secondary N) is 2. The van der Waals surface area contributed by atoms with Gasteiger partial charge in [-0.15, -0.1) is 0 Å². The number of nitrogens with zero attached hydrogens (tertiary/aromatic N) is 1. The fourth-order valence-electron chi connectivity index (χ4n) is 1.92. The van der Waals surface area contributed by atoms with Crippen LogP contribution in [-0.2, 0) is 16.0 Å². The minimum atomic E-state index is -0.852. The van der Waals surface area contributed by atoms with Gasteiger partial charge in [-0.05, 0) is 36.2 Å². The Morgan fingerprint density at radius 3 is 2.21 bits per heavy atom. The Balaban J connectivity index is 1.80. The van der Waals surface area contributed by atoms with Gasteiger partial charge in [0.15, 0.2) is 0 Å². The number of carbonyl (C=O) groups is 2. The molecule has 0 saturated carbocycles. The molecule has 0 bridgehead atoms. The summed E-state index contributed by atoms with van der Waals surface area (Å²) in [4.78, 5) is 33.4. The smallest absolute Gasteiger partial charge is 0.313 e. The maximum atomic E-state index is 11.7. The van der Waals surface area contributed by atoms with Gasteiger partial charge in [0.1, 0.15) is 5.75 Å². The second kappa shape index (κ2) is 7.73. The largest absolute Gasteiger partial charge is 0.508 e. The van der Waals surface area contributed by atoms with Crippen LogP contribution < -0.4 is 10.6 Å². The highest BCUT2D eigenvalue weighted by Gasteiger charge is 2.13. The Bertz CT molecular complexity index is 741. The highest BCUT2D eigenvalue weighted by atomic mass is 16.6. The number of phenols is 1. The third-order valence-electron chi connectivity index (χ3n) is 3.18. The van der Waals surface area contributed by atoms with Crippen molar-refractivity contribution in [3.63, 3.8) is 0 Å². The fraction of sp³-hybridized carbons (Fsp3) is 0.125. The molecule has 2 aromatic carbocycles. The summed E-state index contributed by atoms with van der Waals surface area (Å²) in [5.74, 6) is -1.49. The molecule has 3 N–H and O–H groups in total. The lowest BCUT2D eigenvalue weighted by Crippen LogP contribution is -2.36. The maximum absolute atomic E-state index is 11.7. The minimum Gasteiger partial charge on any atom is -0.508 e. The van der Waals surface area contributed by atoms with Gasteiger partial charge >= 0.3 is 11.8 Å². The summed E-state index contributed by atoms with van der Waals surface area (Å²) in [6.45, 7) is 0.261. The Hall–Kier alpha value is -3.42. The molecule has 0 aliphatic carbocycles. The lowest BCUT2D eigenvalue weighted by atomic mass is 10.1. The van der Waals surface area contributed by atoms with Gasteiger partial charge in [-0.25, -0.2) is 0 Å². The number of amides is 2. The van der Waals surface area contributed by atoms with Crippen molar-refractivity contribution in [1.82, 2.24) is 5.32 Å². The Morgan fingerprint density at radius 1 is 1.00 bits per heavy atom. The van der Waals surface area contributed by atoms with E-state index >= 15 is 0 Å². The van der Waals surface area contributed by atoms with E-state index in [1.807, 2.05) is 0 Å². The first-order valence-corrected chi connectivity index (χ1v) is 7.07. The van der Waals surface area contributed by atoms with Crippen molar-refractivity contribution in [3.05, 3.63) is 64.2 Å². The number of aromatic hydroxyl groups is 1. The first-order chi connectivity index (χ1) is 11.5. The summed E-state index contributed by atoms with van der Waals surface area (Å²) < 4.78 is 0. The highest BCUT2D eigenvalue weighted by molar-refractivity contribution is 6.39. The van der Waals surface area contributed by atoms with Crippen molar-refractivity contribution in [3.8, 4) is 5.75 Å². The van der Waals surface area contributed by atoms with Crippen molar-refractivity contribution in [2.75, 3.05) is 11.9 Å². The summed E-state index contributed by atoms with van der Waals surface area (Å²) >= 11 is 0. The van der Waals surface area contributed by atoms with E-state index in [0.717, 1.165) is 5.56 Å². The second-order valence-electron chi connectivity index (χ2n) is 4.93. The average Bonchev–Trinajstić information content (AvgIpc) is 2.57. The Morgan fingerprint density at radius 2 is 1.62 bits per heavy atom. The molecule has 0 spiro atoms. The molecule has 2 amide bonds. The zero-order valence-electron chi connectivity index (χ0n) is 12.6. The summed E-state index contributed by atoms with van der Waals surface area (Å²) in [5, 5.41) is 24.5. The third kappa shape index (κ3) is 4.80. The molecule has 0 radical (unpaired) electrons. The maximum Gasteiger partial charge on any atom is 0.313 e. The van der Waals surface area contributed by atoms with Crippen molar-refractivity contribution < 1.29 is 19.6 Å². The molecule has 124 valence electrons. The van der Waals surface area contributed by atoms with Gasteiger partial charge in [0, 0.05) is 24.4 Å². The van der Waals surface area contributed by atoms with Crippen molar-refractivity contribution in [1.29, 1.82) is 0 Å². The van der Waals surface area contributed by atoms with Gasteiger partial charge < -0.3 is 15.7 Å². The number of rotatable bonds is 5. The molecule has 0 aliphatic heterocycles. The zero-order chi connectivity index (χ0) is 17.5. The van der Waals surface area contributed by atoms with E-state index in [1.54, 1.807) is 24.3 Å². The Kier molecular flexibility index (Phi) is 5.45. The molecule has 2 rings (SSSR count). The number of anilines is 1. The van der Waals surface area contributed by atoms with Crippen LogP contribution in [0.2, 0.25) is 0 Å². The first kappa shape index (κ1) is 16.9. The van der Waals surface area contributed by atoms with Crippen LogP contribution in [0.15, 0.2) is 48.5 Å². The van der Waals surface area contributed by atoms with Crippen LogP contribution in [0, 0.1) is 10.1 Å². The lowest BCUT2D eigenvalue weighted by Gasteiger charge is -2.06. The summed E-state index contributed by atoms with van der Waals surface area (Å²) in [5.41, 5.74) is 1.09. The van der Waals surface area contributed by atoms with E-state index in [2.05, 4.69) is 10.6 Å². The topological polar surface area (TPSA) is 122 Å². The quantitative estimate of drug-likeness (QED) is 0.437. The summed E-state index contributed by atoms with van der Waals surface area (Å²) in [6, 6.07) is 11.7. The molecule has 0 unspecified atom stereocenters. The van der Waals surface area contributed by atoms with Crippen LogP contribution in [0.1, 0.15) is 5.56 Å². The van der Waals surface area contributed by atoms with Crippen molar-refractivity contribution in [2.45, 2.75) is 6.42 Å². The van der Waals surface area contributed by atoms with Crippen LogP contribution in [0.25, 0.3) is 0 Å². The first-order valence-electron chi connectivity index (χ1n) is 7.07. The van der Waals surface area contributed by atoms with Crippen LogP contribution in [0.5, 0.6) is 5.75 Å². The number of hydrogen-bond donors (Lipinski definition) is 3. The fourth-order valence-corrected chi connectivity index (χ4v) is 1.92. The zero-order valence-corrected chi connectivity index (χ0v) is 12.6. The summed E-state index contributed by atoms with van der Waals surface area (Å²) in [6.07, 6.45) is 0.511. The Labute approximate surface area is 137 Å². The van der Waals surface area contributed by atoms with E-state index in [1.165, 1.54) is 24.3 Å². The van der Waals surface area contributed by atoms with Gasteiger partial charge in [0.25, 0.3) is 5.69 Å². The van der Waals surface area contributed by atoms with Gasteiger partial charge in [-0.3, -0.25) is 19.7 Å². The molecule has 0 aliphatic rings. The monoisotopic (exact) mass is 329 g/mol. The molecule has 0 atom stereocenters. The molecule has 0 aromatic heterocycles.